The fourth-order valence-electron chi connectivity index (χ4n) is 1.91. The lowest BCUT2D eigenvalue weighted by molar-refractivity contribution is -0.115. The molecular weight excluding hydrogens is 262 g/mol. The highest BCUT2D eigenvalue weighted by atomic mass is 16.5. The summed E-state index contributed by atoms with van der Waals surface area (Å²) in [7, 11) is 0. The number of ether oxygens (including phenoxy) is 1. The normalized spacial score (nSPS) is 10.4. The van der Waals surface area contributed by atoms with Crippen molar-refractivity contribution in [3.8, 4) is 5.75 Å². The van der Waals surface area contributed by atoms with Crippen LogP contribution in [0.1, 0.15) is 19.4 Å². The first kappa shape index (κ1) is 15.1. The summed E-state index contributed by atoms with van der Waals surface area (Å²) in [6.45, 7) is 4.87. The molecule has 3 nitrogen and oxygen atoms in total. The van der Waals surface area contributed by atoms with Crippen LogP contribution in [0.15, 0.2) is 54.6 Å². The molecular formula is C18H21NO2. The maximum atomic E-state index is 12.0. The van der Waals surface area contributed by atoms with E-state index >= 15 is 0 Å². The molecule has 0 aliphatic carbocycles. The first-order valence-corrected chi connectivity index (χ1v) is 7.20. The van der Waals surface area contributed by atoms with Crippen molar-refractivity contribution in [1.29, 1.82) is 0 Å². The molecule has 0 bridgehead atoms. The van der Waals surface area contributed by atoms with Crippen LogP contribution in [-0.4, -0.2) is 12.5 Å². The fourth-order valence-corrected chi connectivity index (χ4v) is 1.91. The van der Waals surface area contributed by atoms with Crippen molar-refractivity contribution in [3.05, 3.63) is 60.2 Å². The molecule has 0 unspecified atom stereocenters. The number of amides is 1. The molecule has 0 aliphatic heterocycles. The van der Waals surface area contributed by atoms with Gasteiger partial charge in [0.25, 0.3) is 0 Å². The number of benzene rings is 2. The summed E-state index contributed by atoms with van der Waals surface area (Å²) in [6.07, 6.45) is 0.373. The highest BCUT2D eigenvalue weighted by Crippen LogP contribution is 2.18. The molecule has 1 N–H and O–H groups in total. The lowest BCUT2D eigenvalue weighted by Gasteiger charge is -2.10. The first-order valence-electron chi connectivity index (χ1n) is 7.20. The summed E-state index contributed by atoms with van der Waals surface area (Å²) in [4.78, 5) is 12.0. The molecule has 2 rings (SSSR count). The van der Waals surface area contributed by atoms with Gasteiger partial charge >= 0.3 is 0 Å². The standard InChI is InChI=1S/C18H21NO2/c1-14(2)13-21-17-10-6-9-16(12-17)19-18(20)11-15-7-4-3-5-8-15/h3-10,12,14H,11,13H2,1-2H3,(H,19,20). The number of nitrogens with one attached hydrogen (secondary N) is 1. The van der Waals surface area contributed by atoms with E-state index in [1.54, 1.807) is 0 Å². The van der Waals surface area contributed by atoms with Gasteiger partial charge in [-0.1, -0.05) is 50.2 Å². The van der Waals surface area contributed by atoms with Crippen LogP contribution >= 0.6 is 0 Å². The number of hydrogen-bond acceptors (Lipinski definition) is 2. The van der Waals surface area contributed by atoms with Gasteiger partial charge in [0, 0.05) is 11.8 Å². The zero-order valence-corrected chi connectivity index (χ0v) is 12.5. The Morgan fingerprint density at radius 2 is 1.86 bits per heavy atom. The molecule has 0 radical (unpaired) electrons. The fraction of sp³-hybridized carbons (Fsp3) is 0.278. The highest BCUT2D eigenvalue weighted by Gasteiger charge is 2.05. The van der Waals surface area contributed by atoms with Gasteiger partial charge in [-0.15, -0.1) is 0 Å². The molecule has 0 fully saturated rings. The minimum absolute atomic E-state index is 0.0257. The van der Waals surface area contributed by atoms with E-state index in [1.807, 2.05) is 54.6 Å². The molecule has 0 aromatic heterocycles. The molecule has 110 valence electrons. The smallest absolute Gasteiger partial charge is 0.228 e. The van der Waals surface area contributed by atoms with Gasteiger partial charge in [-0.3, -0.25) is 4.79 Å². The van der Waals surface area contributed by atoms with Crippen molar-refractivity contribution in [3.63, 3.8) is 0 Å². The summed E-state index contributed by atoms with van der Waals surface area (Å²) >= 11 is 0. The number of carbonyl (C=O) groups excluding carboxylic acids is 1. The predicted octanol–water partition coefficient (Wildman–Crippen LogP) is 3.90. The van der Waals surface area contributed by atoms with Crippen LogP contribution < -0.4 is 10.1 Å². The highest BCUT2D eigenvalue weighted by molar-refractivity contribution is 5.92. The summed E-state index contributed by atoms with van der Waals surface area (Å²) in [5.74, 6) is 1.23. The van der Waals surface area contributed by atoms with Gasteiger partial charge in [0.2, 0.25) is 5.91 Å². The molecule has 21 heavy (non-hydrogen) atoms. The van der Waals surface area contributed by atoms with Crippen molar-refractivity contribution < 1.29 is 9.53 Å². The quantitative estimate of drug-likeness (QED) is 0.873. The van der Waals surface area contributed by atoms with E-state index in [0.717, 1.165) is 17.0 Å². The summed E-state index contributed by atoms with van der Waals surface area (Å²) in [5.41, 5.74) is 1.76. The molecule has 0 saturated carbocycles. The van der Waals surface area contributed by atoms with E-state index in [-0.39, 0.29) is 5.91 Å². The number of rotatable bonds is 6. The average Bonchev–Trinajstić information content (AvgIpc) is 2.46. The van der Waals surface area contributed by atoms with Crippen molar-refractivity contribution in [1.82, 2.24) is 0 Å². The van der Waals surface area contributed by atoms with Crippen LogP contribution in [0, 0.1) is 5.92 Å². The van der Waals surface area contributed by atoms with E-state index in [9.17, 15) is 4.79 Å². The second-order valence-corrected chi connectivity index (χ2v) is 5.44. The molecule has 1 amide bonds. The van der Waals surface area contributed by atoms with Crippen LogP contribution in [0.2, 0.25) is 0 Å². The van der Waals surface area contributed by atoms with E-state index in [2.05, 4.69) is 19.2 Å². The average molecular weight is 283 g/mol. The topological polar surface area (TPSA) is 38.3 Å². The second-order valence-electron chi connectivity index (χ2n) is 5.44. The van der Waals surface area contributed by atoms with Crippen LogP contribution in [0.4, 0.5) is 5.69 Å². The third-order valence-corrected chi connectivity index (χ3v) is 2.91. The monoisotopic (exact) mass is 283 g/mol. The van der Waals surface area contributed by atoms with Gasteiger partial charge in [-0.05, 0) is 23.6 Å². The van der Waals surface area contributed by atoms with Gasteiger partial charge in [-0.2, -0.15) is 0 Å². The van der Waals surface area contributed by atoms with Crippen LogP contribution in [0.3, 0.4) is 0 Å². The summed E-state index contributed by atoms with van der Waals surface area (Å²) in [6, 6.07) is 17.2. The van der Waals surface area contributed by atoms with Gasteiger partial charge in [-0.25, -0.2) is 0 Å². The minimum Gasteiger partial charge on any atom is -0.493 e. The Hall–Kier alpha value is -2.29. The Morgan fingerprint density at radius 1 is 1.10 bits per heavy atom. The lowest BCUT2D eigenvalue weighted by Crippen LogP contribution is -2.14. The van der Waals surface area contributed by atoms with Crippen LogP contribution in [-0.2, 0) is 11.2 Å². The van der Waals surface area contributed by atoms with Crippen LogP contribution in [0.5, 0.6) is 5.75 Å². The van der Waals surface area contributed by atoms with Gasteiger partial charge in [0.1, 0.15) is 5.75 Å². The summed E-state index contributed by atoms with van der Waals surface area (Å²) < 4.78 is 5.66. The maximum absolute atomic E-state index is 12.0. The van der Waals surface area contributed by atoms with Gasteiger partial charge in [0.05, 0.1) is 13.0 Å². The molecule has 2 aromatic rings. The molecule has 3 heteroatoms. The first-order chi connectivity index (χ1) is 10.1. The minimum atomic E-state index is -0.0257. The molecule has 0 heterocycles. The Morgan fingerprint density at radius 3 is 2.57 bits per heavy atom. The van der Waals surface area contributed by atoms with Gasteiger partial charge < -0.3 is 10.1 Å². The maximum Gasteiger partial charge on any atom is 0.228 e. The molecule has 2 aromatic carbocycles. The second kappa shape index (κ2) is 7.48. The van der Waals surface area contributed by atoms with Crippen molar-refractivity contribution in [2.24, 2.45) is 5.92 Å². The Kier molecular flexibility index (Phi) is 5.38. The number of anilines is 1. The lowest BCUT2D eigenvalue weighted by atomic mass is 10.1. The van der Waals surface area contributed by atoms with E-state index in [1.165, 1.54) is 0 Å². The molecule has 0 saturated heterocycles. The van der Waals surface area contributed by atoms with E-state index in [0.29, 0.717) is 18.9 Å². The Bertz CT molecular complexity index is 579. The zero-order valence-electron chi connectivity index (χ0n) is 12.5. The Labute approximate surface area is 126 Å². The number of carbonyl (C=O) groups is 1. The van der Waals surface area contributed by atoms with E-state index < -0.39 is 0 Å². The molecule has 0 atom stereocenters. The molecule has 0 spiro atoms. The van der Waals surface area contributed by atoms with Crippen molar-refractivity contribution in [2.45, 2.75) is 20.3 Å². The van der Waals surface area contributed by atoms with E-state index in [4.69, 9.17) is 4.74 Å². The van der Waals surface area contributed by atoms with Crippen LogP contribution in [0.25, 0.3) is 0 Å². The largest absolute Gasteiger partial charge is 0.493 e. The zero-order chi connectivity index (χ0) is 15.1. The predicted molar refractivity (Wildman–Crippen MR) is 85.6 cm³/mol. The van der Waals surface area contributed by atoms with Crippen molar-refractivity contribution >= 4 is 11.6 Å². The third kappa shape index (κ3) is 5.30. The Balaban J connectivity index is 1.93. The summed E-state index contributed by atoms with van der Waals surface area (Å²) in [5, 5.41) is 2.90. The number of hydrogen-bond donors (Lipinski definition) is 1. The third-order valence-electron chi connectivity index (χ3n) is 2.91. The van der Waals surface area contributed by atoms with Gasteiger partial charge in [0.15, 0.2) is 0 Å². The molecule has 0 aliphatic rings. The van der Waals surface area contributed by atoms with Crippen molar-refractivity contribution in [2.75, 3.05) is 11.9 Å². The SMILES string of the molecule is CC(C)COc1cccc(NC(=O)Cc2ccccc2)c1.